The fraction of sp³-hybridized carbons (Fsp3) is 0.273. The monoisotopic (exact) mass is 549 g/mol. The molecular formula is C33H31N3O5. The van der Waals surface area contributed by atoms with Crippen LogP contribution in [-0.4, -0.2) is 42.3 Å². The minimum Gasteiger partial charge on any atom is -0.495 e. The van der Waals surface area contributed by atoms with Gasteiger partial charge in [-0.15, -0.1) is 0 Å². The fourth-order valence-electron chi connectivity index (χ4n) is 5.38. The maximum atomic E-state index is 14.0. The maximum Gasteiger partial charge on any atom is 0.337 e. The molecule has 0 radical (unpaired) electrons. The summed E-state index contributed by atoms with van der Waals surface area (Å²) in [6.45, 7) is 0.301. The second-order valence-electron chi connectivity index (χ2n) is 10.2. The van der Waals surface area contributed by atoms with E-state index in [4.69, 9.17) is 9.47 Å². The molecule has 41 heavy (non-hydrogen) atoms. The molecule has 5 rings (SSSR count). The summed E-state index contributed by atoms with van der Waals surface area (Å²) >= 11 is 0. The summed E-state index contributed by atoms with van der Waals surface area (Å²) in [6, 6.07) is 22.6. The van der Waals surface area contributed by atoms with Crippen molar-refractivity contribution in [3.05, 3.63) is 89.6 Å². The van der Waals surface area contributed by atoms with Gasteiger partial charge in [-0.1, -0.05) is 30.3 Å². The third kappa shape index (κ3) is 5.91. The molecule has 4 aromatic rings. The number of benzene rings is 3. The fourth-order valence-corrected chi connectivity index (χ4v) is 5.38. The molecule has 1 saturated carbocycles. The van der Waals surface area contributed by atoms with Gasteiger partial charge in [-0.25, -0.2) is 9.78 Å². The van der Waals surface area contributed by atoms with E-state index in [1.54, 1.807) is 41.4 Å². The summed E-state index contributed by atoms with van der Waals surface area (Å²) in [7, 11) is 2.88. The van der Waals surface area contributed by atoms with Crippen LogP contribution in [0.2, 0.25) is 0 Å². The number of anilines is 1. The Bertz CT molecular complexity index is 1620. The van der Waals surface area contributed by atoms with Crippen LogP contribution in [-0.2, 0) is 16.1 Å². The number of nitrogens with zero attached hydrogens (tertiary/aromatic N) is 3. The second-order valence-corrected chi connectivity index (χ2v) is 10.2. The Morgan fingerprint density at radius 2 is 1.71 bits per heavy atom. The van der Waals surface area contributed by atoms with Gasteiger partial charge in [0.05, 0.1) is 38.0 Å². The summed E-state index contributed by atoms with van der Waals surface area (Å²) in [4.78, 5) is 32.4. The summed E-state index contributed by atoms with van der Waals surface area (Å²) in [5, 5.41) is 21.0. The number of carbonyl (C=O) groups is 2. The first-order chi connectivity index (χ1) is 19.9. The van der Waals surface area contributed by atoms with Gasteiger partial charge in [-0.2, -0.15) is 5.26 Å². The molecule has 0 atom stereocenters. The lowest BCUT2D eigenvalue weighted by Gasteiger charge is -2.31. The molecule has 1 N–H and O–H groups in total. The number of hydrogen-bond acceptors (Lipinski definition) is 7. The minimum atomic E-state index is -0.433. The predicted octanol–water partition coefficient (Wildman–Crippen LogP) is 5.65. The van der Waals surface area contributed by atoms with Gasteiger partial charge in [0, 0.05) is 17.5 Å². The number of fused-ring (bicyclic) bond motifs is 1. The van der Waals surface area contributed by atoms with Crippen molar-refractivity contribution in [1.29, 1.82) is 5.26 Å². The summed E-state index contributed by atoms with van der Waals surface area (Å²) in [5.74, 6) is 0.365. The smallest absolute Gasteiger partial charge is 0.337 e. The molecule has 8 heteroatoms. The number of aromatic nitrogens is 1. The number of rotatable bonds is 7. The molecule has 1 aliphatic rings. The van der Waals surface area contributed by atoms with Gasteiger partial charge < -0.3 is 14.6 Å². The molecule has 1 amide bonds. The van der Waals surface area contributed by atoms with E-state index in [2.05, 4.69) is 11.1 Å². The van der Waals surface area contributed by atoms with Gasteiger partial charge >= 0.3 is 5.97 Å². The van der Waals surface area contributed by atoms with Crippen LogP contribution in [0, 0.1) is 17.2 Å². The average Bonchev–Trinajstić information content (AvgIpc) is 3.02. The van der Waals surface area contributed by atoms with Gasteiger partial charge in [0.25, 0.3) is 0 Å². The Kier molecular flexibility index (Phi) is 8.27. The molecule has 1 fully saturated rings. The Morgan fingerprint density at radius 1 is 0.976 bits per heavy atom. The molecule has 0 saturated heterocycles. The normalized spacial score (nSPS) is 16.5. The minimum absolute atomic E-state index is 0.0353. The van der Waals surface area contributed by atoms with Crippen LogP contribution in [0.15, 0.2) is 72.9 Å². The van der Waals surface area contributed by atoms with Crippen LogP contribution in [0.4, 0.5) is 5.82 Å². The zero-order chi connectivity index (χ0) is 28.9. The quantitative estimate of drug-likeness (QED) is 0.296. The number of pyridine rings is 1. The topological polar surface area (TPSA) is 113 Å². The van der Waals surface area contributed by atoms with Crippen molar-refractivity contribution >= 4 is 28.5 Å². The Hall–Kier alpha value is -4.74. The van der Waals surface area contributed by atoms with E-state index in [0.29, 0.717) is 54.9 Å². The van der Waals surface area contributed by atoms with Crippen LogP contribution in [0.5, 0.6) is 5.75 Å². The number of ether oxygens (including phenoxy) is 2. The van der Waals surface area contributed by atoms with Gasteiger partial charge in [0.15, 0.2) is 0 Å². The van der Waals surface area contributed by atoms with Crippen LogP contribution in [0.25, 0.3) is 21.9 Å². The van der Waals surface area contributed by atoms with Crippen molar-refractivity contribution in [2.75, 3.05) is 19.1 Å². The highest BCUT2D eigenvalue weighted by Gasteiger charge is 2.31. The van der Waals surface area contributed by atoms with E-state index < -0.39 is 5.97 Å². The largest absolute Gasteiger partial charge is 0.495 e. The number of amides is 1. The first kappa shape index (κ1) is 27.8. The van der Waals surface area contributed by atoms with E-state index in [1.165, 1.54) is 14.2 Å². The van der Waals surface area contributed by atoms with Crippen LogP contribution < -0.4 is 9.64 Å². The molecular weight excluding hydrogens is 518 g/mol. The van der Waals surface area contributed by atoms with Gasteiger partial charge in [0.1, 0.15) is 17.6 Å². The molecule has 1 aliphatic carbocycles. The van der Waals surface area contributed by atoms with Gasteiger partial charge in [-0.3, -0.25) is 9.69 Å². The molecule has 0 spiro atoms. The molecule has 0 unspecified atom stereocenters. The number of methoxy groups -OCH3 is 2. The lowest BCUT2D eigenvalue weighted by Crippen LogP contribution is -2.38. The number of esters is 1. The third-order valence-corrected chi connectivity index (χ3v) is 7.68. The van der Waals surface area contributed by atoms with E-state index >= 15 is 0 Å². The van der Waals surface area contributed by atoms with Crippen molar-refractivity contribution in [2.45, 2.75) is 38.3 Å². The van der Waals surface area contributed by atoms with Crippen LogP contribution >= 0.6 is 0 Å². The molecule has 3 aromatic carbocycles. The lowest BCUT2D eigenvalue weighted by atomic mass is 9.86. The molecule has 8 nitrogen and oxygen atoms in total. The molecule has 1 heterocycles. The van der Waals surface area contributed by atoms with Gasteiger partial charge in [-0.05, 0) is 84.2 Å². The zero-order valence-electron chi connectivity index (χ0n) is 23.0. The highest BCUT2D eigenvalue weighted by atomic mass is 16.5. The van der Waals surface area contributed by atoms with Crippen molar-refractivity contribution in [2.24, 2.45) is 5.92 Å². The van der Waals surface area contributed by atoms with Crippen LogP contribution in [0.1, 0.15) is 47.2 Å². The predicted molar refractivity (Wildman–Crippen MR) is 155 cm³/mol. The Balaban J connectivity index is 1.49. The number of hydrogen-bond donors (Lipinski definition) is 1. The van der Waals surface area contributed by atoms with E-state index in [0.717, 1.165) is 27.5 Å². The second kappa shape index (κ2) is 12.2. The molecule has 1 aromatic heterocycles. The van der Waals surface area contributed by atoms with Crippen molar-refractivity contribution < 1.29 is 24.2 Å². The Morgan fingerprint density at radius 3 is 2.39 bits per heavy atom. The summed E-state index contributed by atoms with van der Waals surface area (Å²) in [5.41, 5.74) is 3.62. The van der Waals surface area contributed by atoms with E-state index in [1.807, 2.05) is 36.4 Å². The van der Waals surface area contributed by atoms with E-state index in [9.17, 15) is 20.0 Å². The van der Waals surface area contributed by atoms with Gasteiger partial charge in [0.2, 0.25) is 5.91 Å². The number of carbonyl (C=O) groups excluding carboxylic acids is 2. The highest BCUT2D eigenvalue weighted by Crippen LogP contribution is 2.33. The van der Waals surface area contributed by atoms with Crippen molar-refractivity contribution in [3.8, 4) is 22.9 Å². The summed E-state index contributed by atoms with van der Waals surface area (Å²) < 4.78 is 10.1. The van der Waals surface area contributed by atoms with Crippen molar-refractivity contribution in [1.82, 2.24) is 4.98 Å². The van der Waals surface area contributed by atoms with Crippen molar-refractivity contribution in [3.63, 3.8) is 0 Å². The first-order valence-corrected chi connectivity index (χ1v) is 13.6. The molecule has 0 aliphatic heterocycles. The number of aliphatic hydroxyl groups is 1. The first-order valence-electron chi connectivity index (χ1n) is 13.6. The number of nitriles is 1. The standard InChI is InChI=1S/C33H31N3O5/c1-40-30-14-10-24(17-27(30)19-34)22-5-3-21(4-6-22)20-36(32(38)23-7-11-28(37)12-8-23)31-29-13-9-26(33(39)41-2)18-25(29)15-16-35-31/h3-6,9-10,13-18,23,28,37H,7-8,11-12,20H2,1-2H3/t23-,28-. The Labute approximate surface area is 238 Å². The lowest BCUT2D eigenvalue weighted by molar-refractivity contribution is -0.124. The average molecular weight is 550 g/mol. The molecule has 0 bridgehead atoms. The maximum absolute atomic E-state index is 14.0. The van der Waals surface area contributed by atoms with E-state index in [-0.39, 0.29) is 17.9 Å². The van der Waals surface area contributed by atoms with Crippen LogP contribution in [0.3, 0.4) is 0 Å². The highest BCUT2D eigenvalue weighted by molar-refractivity contribution is 6.04. The zero-order valence-corrected chi connectivity index (χ0v) is 23.0. The third-order valence-electron chi connectivity index (χ3n) is 7.68. The molecule has 208 valence electrons. The number of aliphatic hydroxyl groups excluding tert-OH is 1. The summed E-state index contributed by atoms with van der Waals surface area (Å²) in [6.07, 6.45) is 3.69. The SMILES string of the molecule is COC(=O)c1ccc2c(N(Cc3ccc(-c4ccc(OC)c(C#N)c4)cc3)C(=O)[C@H]3CC[C@H](O)CC3)nccc2c1.